The molecule has 4 aromatic rings. The summed E-state index contributed by atoms with van der Waals surface area (Å²) in [5.74, 6) is 0. The first-order valence-corrected chi connectivity index (χ1v) is 8.76. The fourth-order valence-corrected chi connectivity index (χ4v) is 3.31. The smallest absolute Gasteiger partial charge is 0.206 e. The number of nitrogens with two attached hydrogens (primary N) is 1. The molecule has 25 heavy (non-hydrogen) atoms. The Bertz CT molecular complexity index is 963. The number of hydrogen-bond donors (Lipinski definition) is 3. The van der Waals surface area contributed by atoms with E-state index < -0.39 is 0 Å². The maximum absolute atomic E-state index is 6.17. The predicted octanol–water partition coefficient (Wildman–Crippen LogP) is 2.46. The number of benzene rings is 1. The number of anilines is 1. The molecule has 0 radical (unpaired) electrons. The van der Waals surface area contributed by atoms with Gasteiger partial charge < -0.3 is 11.1 Å². The molecule has 1 aromatic carbocycles. The summed E-state index contributed by atoms with van der Waals surface area (Å²) in [6.45, 7) is 0.617. The topological polar surface area (TPSA) is 105 Å². The van der Waals surface area contributed by atoms with Crippen LogP contribution in [0.25, 0.3) is 21.5 Å². The summed E-state index contributed by atoms with van der Waals surface area (Å²) in [5.41, 5.74) is 9.19. The third-order valence-corrected chi connectivity index (χ3v) is 4.76. The van der Waals surface area contributed by atoms with Crippen LogP contribution in [0.3, 0.4) is 0 Å². The average Bonchev–Trinajstić information content (AvgIpc) is 3.29. The van der Waals surface area contributed by atoms with Crippen molar-refractivity contribution in [2.75, 3.05) is 11.9 Å². The Morgan fingerprint density at radius 3 is 3.04 bits per heavy atom. The summed E-state index contributed by atoms with van der Waals surface area (Å²) >= 11 is 1.51. The van der Waals surface area contributed by atoms with Gasteiger partial charge in [-0.25, -0.2) is 0 Å². The fourth-order valence-electron chi connectivity index (χ4n) is 2.57. The Labute approximate surface area is 148 Å². The maximum atomic E-state index is 6.17. The highest BCUT2D eigenvalue weighted by Gasteiger charge is 2.10. The van der Waals surface area contributed by atoms with E-state index in [2.05, 4.69) is 36.8 Å². The quantitative estimate of drug-likeness (QED) is 0.493. The Morgan fingerprint density at radius 1 is 1.20 bits per heavy atom. The van der Waals surface area contributed by atoms with Gasteiger partial charge in [-0.3, -0.25) is 10.1 Å². The van der Waals surface area contributed by atoms with Crippen LogP contribution in [0, 0.1) is 0 Å². The van der Waals surface area contributed by atoms with Crippen molar-refractivity contribution in [3.63, 3.8) is 0 Å². The SMILES string of the molecule is N[C@@H](CNc1nnc(-c2ccc3[nH]ncc3c2)s1)Cc1ccccn1. The first-order valence-electron chi connectivity index (χ1n) is 7.94. The minimum Gasteiger partial charge on any atom is -0.359 e. The van der Waals surface area contributed by atoms with Crippen molar-refractivity contribution in [1.29, 1.82) is 0 Å². The number of H-pyrrole nitrogens is 1. The number of aromatic nitrogens is 5. The first kappa shape index (κ1) is 15.7. The van der Waals surface area contributed by atoms with Crippen LogP contribution in [0.2, 0.25) is 0 Å². The van der Waals surface area contributed by atoms with Crippen LogP contribution in [-0.4, -0.2) is 38.0 Å². The van der Waals surface area contributed by atoms with E-state index >= 15 is 0 Å². The molecule has 0 aliphatic rings. The standard InChI is InChI=1S/C17H17N7S/c18-13(8-14-3-1-2-6-19-14)10-20-17-24-23-16(25-17)11-4-5-15-12(7-11)9-21-22-15/h1-7,9,13H,8,10,18H2,(H,20,24)(H,21,22)/t13-/m1/s1. The third-order valence-electron chi connectivity index (χ3n) is 3.83. The molecule has 0 saturated carbocycles. The molecule has 3 aromatic heterocycles. The summed E-state index contributed by atoms with van der Waals surface area (Å²) in [7, 11) is 0. The lowest BCUT2D eigenvalue weighted by molar-refractivity contribution is 0.686. The maximum Gasteiger partial charge on any atom is 0.206 e. The fraction of sp³-hybridized carbons (Fsp3) is 0.176. The Balaban J connectivity index is 1.39. The van der Waals surface area contributed by atoms with E-state index in [1.54, 1.807) is 12.4 Å². The molecule has 4 N–H and O–H groups in total. The van der Waals surface area contributed by atoms with E-state index in [4.69, 9.17) is 5.73 Å². The van der Waals surface area contributed by atoms with E-state index in [-0.39, 0.29) is 6.04 Å². The van der Waals surface area contributed by atoms with E-state index in [1.165, 1.54) is 11.3 Å². The Hall–Kier alpha value is -2.84. The van der Waals surface area contributed by atoms with Crippen molar-refractivity contribution in [1.82, 2.24) is 25.4 Å². The van der Waals surface area contributed by atoms with Gasteiger partial charge in [-0.05, 0) is 30.3 Å². The molecule has 0 saturated heterocycles. The van der Waals surface area contributed by atoms with Crippen LogP contribution >= 0.6 is 11.3 Å². The van der Waals surface area contributed by atoms with Crippen molar-refractivity contribution in [2.45, 2.75) is 12.5 Å². The number of fused-ring (bicyclic) bond motifs is 1. The number of hydrogen-bond acceptors (Lipinski definition) is 7. The zero-order valence-electron chi connectivity index (χ0n) is 13.4. The van der Waals surface area contributed by atoms with E-state index in [9.17, 15) is 0 Å². The monoisotopic (exact) mass is 351 g/mol. The molecule has 0 aliphatic carbocycles. The summed E-state index contributed by atoms with van der Waals surface area (Å²) in [6.07, 6.45) is 4.30. The molecule has 0 aliphatic heterocycles. The van der Waals surface area contributed by atoms with Crippen molar-refractivity contribution >= 4 is 27.4 Å². The molecule has 0 bridgehead atoms. The highest BCUT2D eigenvalue weighted by Crippen LogP contribution is 2.28. The molecule has 126 valence electrons. The summed E-state index contributed by atoms with van der Waals surface area (Å²) in [6, 6.07) is 11.9. The van der Waals surface area contributed by atoms with Gasteiger partial charge in [-0.15, -0.1) is 10.2 Å². The lowest BCUT2D eigenvalue weighted by Gasteiger charge is -2.11. The van der Waals surface area contributed by atoms with E-state index in [1.807, 2.05) is 30.3 Å². The van der Waals surface area contributed by atoms with Crippen molar-refractivity contribution in [2.24, 2.45) is 5.73 Å². The van der Waals surface area contributed by atoms with Gasteiger partial charge in [0.15, 0.2) is 0 Å². The minimum atomic E-state index is -0.0375. The number of pyridine rings is 1. The van der Waals surface area contributed by atoms with Crippen LogP contribution in [0.1, 0.15) is 5.69 Å². The van der Waals surface area contributed by atoms with Crippen LogP contribution in [0.15, 0.2) is 48.8 Å². The Morgan fingerprint density at radius 2 is 2.16 bits per heavy atom. The second-order valence-electron chi connectivity index (χ2n) is 5.75. The lowest BCUT2D eigenvalue weighted by Crippen LogP contribution is -2.31. The average molecular weight is 351 g/mol. The molecular weight excluding hydrogens is 334 g/mol. The van der Waals surface area contributed by atoms with Crippen LogP contribution in [0.4, 0.5) is 5.13 Å². The van der Waals surface area contributed by atoms with Gasteiger partial charge in [0.1, 0.15) is 5.01 Å². The van der Waals surface area contributed by atoms with Crippen molar-refractivity contribution in [3.8, 4) is 10.6 Å². The molecule has 0 amide bonds. The number of nitrogens with zero attached hydrogens (tertiary/aromatic N) is 4. The first-order chi connectivity index (χ1) is 12.3. The molecule has 0 unspecified atom stereocenters. The van der Waals surface area contributed by atoms with Crippen molar-refractivity contribution in [3.05, 3.63) is 54.5 Å². The predicted molar refractivity (Wildman–Crippen MR) is 99.4 cm³/mol. The lowest BCUT2D eigenvalue weighted by atomic mass is 10.1. The summed E-state index contributed by atoms with van der Waals surface area (Å²) in [5, 5.41) is 21.4. The largest absolute Gasteiger partial charge is 0.359 e. The number of nitrogens with one attached hydrogen (secondary N) is 2. The van der Waals surface area contributed by atoms with E-state index in [0.29, 0.717) is 6.54 Å². The van der Waals surface area contributed by atoms with Gasteiger partial charge in [-0.1, -0.05) is 17.4 Å². The zero-order valence-corrected chi connectivity index (χ0v) is 14.2. The van der Waals surface area contributed by atoms with Gasteiger partial charge in [0.05, 0.1) is 11.7 Å². The molecule has 8 heteroatoms. The molecule has 0 spiro atoms. The van der Waals surface area contributed by atoms with Crippen LogP contribution in [-0.2, 0) is 6.42 Å². The van der Waals surface area contributed by atoms with Gasteiger partial charge in [0, 0.05) is 41.8 Å². The van der Waals surface area contributed by atoms with Gasteiger partial charge in [-0.2, -0.15) is 5.10 Å². The molecule has 1 atom stereocenters. The molecule has 4 rings (SSSR count). The van der Waals surface area contributed by atoms with Gasteiger partial charge >= 0.3 is 0 Å². The van der Waals surface area contributed by atoms with Crippen molar-refractivity contribution < 1.29 is 0 Å². The van der Waals surface area contributed by atoms with Gasteiger partial charge in [0.2, 0.25) is 5.13 Å². The van der Waals surface area contributed by atoms with Gasteiger partial charge in [0.25, 0.3) is 0 Å². The Kier molecular flexibility index (Phi) is 4.36. The number of aromatic amines is 1. The summed E-state index contributed by atoms with van der Waals surface area (Å²) in [4.78, 5) is 4.30. The normalized spacial score (nSPS) is 12.4. The van der Waals surface area contributed by atoms with Crippen LogP contribution < -0.4 is 11.1 Å². The highest BCUT2D eigenvalue weighted by atomic mass is 32.1. The van der Waals surface area contributed by atoms with E-state index in [0.717, 1.165) is 38.7 Å². The minimum absolute atomic E-state index is 0.0375. The van der Waals surface area contributed by atoms with Crippen LogP contribution in [0.5, 0.6) is 0 Å². The number of rotatable bonds is 6. The second kappa shape index (κ2) is 6.96. The summed E-state index contributed by atoms with van der Waals surface area (Å²) < 4.78 is 0. The second-order valence-corrected chi connectivity index (χ2v) is 6.73. The zero-order chi connectivity index (χ0) is 17.1. The molecule has 7 nitrogen and oxygen atoms in total. The molecule has 3 heterocycles. The highest BCUT2D eigenvalue weighted by molar-refractivity contribution is 7.18. The third kappa shape index (κ3) is 3.65. The molecule has 0 fully saturated rings. The molecular formula is C17H17N7S.